The van der Waals surface area contributed by atoms with Gasteiger partial charge >= 0.3 is 5.97 Å². The summed E-state index contributed by atoms with van der Waals surface area (Å²) < 4.78 is 30.3. The molecule has 0 fully saturated rings. The predicted molar refractivity (Wildman–Crippen MR) is 66.6 cm³/mol. The van der Waals surface area contributed by atoms with Crippen LogP contribution in [0.15, 0.2) is 46.2 Å². The van der Waals surface area contributed by atoms with E-state index < -0.39 is 16.0 Å². The van der Waals surface area contributed by atoms with Crippen LogP contribution in [0.4, 0.5) is 0 Å². The number of carbonyl (C=O) groups is 1. The van der Waals surface area contributed by atoms with E-state index in [1.807, 2.05) is 0 Å². The third kappa shape index (κ3) is 4.50. The fraction of sp³-hybridized carbons (Fsp3) is 0.167. The van der Waals surface area contributed by atoms with Crippen LogP contribution < -0.4 is 0 Å². The van der Waals surface area contributed by atoms with E-state index in [2.05, 4.69) is 11.0 Å². The van der Waals surface area contributed by atoms with Crippen LogP contribution in [0.3, 0.4) is 0 Å². The van der Waals surface area contributed by atoms with Crippen LogP contribution in [0.1, 0.15) is 5.56 Å². The van der Waals surface area contributed by atoms with Crippen molar-refractivity contribution in [3.63, 3.8) is 0 Å². The number of sulfonamides is 1. The van der Waals surface area contributed by atoms with Gasteiger partial charge in [0.1, 0.15) is 6.61 Å². The summed E-state index contributed by atoms with van der Waals surface area (Å²) in [6.45, 7) is 3.53. The van der Waals surface area contributed by atoms with Crippen molar-refractivity contribution in [2.45, 2.75) is 11.3 Å². The Morgan fingerprint density at radius 1 is 1.37 bits per heavy atom. The Morgan fingerprint density at radius 2 is 2.00 bits per heavy atom. The van der Waals surface area contributed by atoms with Crippen LogP contribution in [0.5, 0.6) is 0 Å². The van der Waals surface area contributed by atoms with Gasteiger partial charge in [-0.2, -0.15) is 8.42 Å². The van der Waals surface area contributed by atoms with Gasteiger partial charge < -0.3 is 4.74 Å². The molecule has 7 heteroatoms. The van der Waals surface area contributed by atoms with E-state index in [-0.39, 0.29) is 17.9 Å². The largest absolute Gasteiger partial charge is 0.461 e. The molecule has 0 radical (unpaired) electrons. The number of benzene rings is 1. The quantitative estimate of drug-likeness (QED) is 0.335. The lowest BCUT2D eigenvalue weighted by Crippen LogP contribution is -2.08. The Hall–Kier alpha value is -2.24. The molecule has 1 rings (SSSR count). The van der Waals surface area contributed by atoms with E-state index in [9.17, 15) is 18.0 Å². The van der Waals surface area contributed by atoms with Crippen LogP contribution in [0.2, 0.25) is 0 Å². The summed E-state index contributed by atoms with van der Waals surface area (Å²) in [6, 6.07) is 5.41. The number of ether oxygens (including phenoxy) is 1. The molecule has 19 heavy (non-hydrogen) atoms. The predicted octanol–water partition coefficient (Wildman–Crippen LogP) is 0.983. The molecule has 0 aliphatic rings. The standard InChI is InChI=1S/C12H11NO5S/c1-2-7-18-12(15)8-10-3-5-11(6-4-10)19(16,17)13-9-14/h2-6H,1,7-8H2. The second kappa shape index (κ2) is 6.63. The second-order valence-electron chi connectivity index (χ2n) is 3.45. The Kier molecular flexibility index (Phi) is 5.17. The van der Waals surface area contributed by atoms with Gasteiger partial charge in [0.05, 0.1) is 11.3 Å². The molecular formula is C12H11NO5S. The molecular weight excluding hydrogens is 270 g/mol. The number of nitrogens with zero attached hydrogens (tertiary/aromatic N) is 1. The van der Waals surface area contributed by atoms with E-state index in [1.54, 1.807) is 0 Å². The number of rotatable bonds is 6. The molecule has 0 heterocycles. The summed E-state index contributed by atoms with van der Waals surface area (Å²) in [7, 11) is -4.00. The highest BCUT2D eigenvalue weighted by atomic mass is 32.2. The highest BCUT2D eigenvalue weighted by Gasteiger charge is 2.12. The van der Waals surface area contributed by atoms with E-state index in [0.717, 1.165) is 6.08 Å². The highest BCUT2D eigenvalue weighted by Crippen LogP contribution is 2.13. The molecule has 0 bridgehead atoms. The van der Waals surface area contributed by atoms with Gasteiger partial charge in [-0.05, 0) is 17.7 Å². The van der Waals surface area contributed by atoms with Gasteiger partial charge in [0.15, 0.2) is 0 Å². The first-order valence-electron chi connectivity index (χ1n) is 5.19. The van der Waals surface area contributed by atoms with Crippen molar-refractivity contribution in [1.82, 2.24) is 0 Å². The van der Waals surface area contributed by atoms with E-state index in [0.29, 0.717) is 5.56 Å². The Bertz CT molecular complexity index is 612. The van der Waals surface area contributed by atoms with Gasteiger partial charge in [-0.1, -0.05) is 29.2 Å². The number of isocyanates is 1. The molecule has 0 N–H and O–H groups in total. The minimum absolute atomic E-state index is 0.0190. The molecule has 0 atom stereocenters. The van der Waals surface area contributed by atoms with Crippen molar-refractivity contribution in [2.24, 2.45) is 4.40 Å². The van der Waals surface area contributed by atoms with Gasteiger partial charge in [-0.25, -0.2) is 4.79 Å². The zero-order chi connectivity index (χ0) is 14.3. The normalized spacial score (nSPS) is 10.3. The molecule has 0 saturated heterocycles. The van der Waals surface area contributed by atoms with Crippen molar-refractivity contribution >= 4 is 22.1 Å². The lowest BCUT2D eigenvalue weighted by Gasteiger charge is -2.03. The van der Waals surface area contributed by atoms with Crippen molar-refractivity contribution in [3.8, 4) is 0 Å². The van der Waals surface area contributed by atoms with Gasteiger partial charge in [-0.3, -0.25) is 4.79 Å². The van der Waals surface area contributed by atoms with E-state index in [1.165, 1.54) is 30.3 Å². The first-order chi connectivity index (χ1) is 8.99. The van der Waals surface area contributed by atoms with Crippen LogP contribution in [-0.2, 0) is 30.8 Å². The Balaban J connectivity index is 2.80. The Morgan fingerprint density at radius 3 is 2.53 bits per heavy atom. The zero-order valence-corrected chi connectivity index (χ0v) is 10.7. The second-order valence-corrected chi connectivity index (χ2v) is 5.05. The van der Waals surface area contributed by atoms with Crippen LogP contribution in [0, 0.1) is 0 Å². The average molecular weight is 281 g/mol. The summed E-state index contributed by atoms with van der Waals surface area (Å²) in [5.41, 5.74) is 0.586. The third-order valence-electron chi connectivity index (χ3n) is 2.09. The molecule has 0 aliphatic heterocycles. The fourth-order valence-electron chi connectivity index (χ4n) is 1.25. The minimum atomic E-state index is -4.00. The lowest BCUT2D eigenvalue weighted by molar-refractivity contribution is -0.141. The van der Waals surface area contributed by atoms with Crippen LogP contribution in [-0.4, -0.2) is 27.1 Å². The summed E-state index contributed by atoms with van der Waals surface area (Å²) >= 11 is 0. The molecule has 6 nitrogen and oxygen atoms in total. The summed E-state index contributed by atoms with van der Waals surface area (Å²) in [4.78, 5) is 21.1. The maximum Gasteiger partial charge on any atom is 0.310 e. The highest BCUT2D eigenvalue weighted by molar-refractivity contribution is 7.90. The van der Waals surface area contributed by atoms with Crippen LogP contribution >= 0.6 is 0 Å². The van der Waals surface area contributed by atoms with Crippen molar-refractivity contribution < 1.29 is 22.7 Å². The minimum Gasteiger partial charge on any atom is -0.461 e. The fourth-order valence-corrected chi connectivity index (χ4v) is 1.93. The van der Waals surface area contributed by atoms with Crippen molar-refractivity contribution in [2.75, 3.05) is 6.61 Å². The monoisotopic (exact) mass is 281 g/mol. The molecule has 100 valence electrons. The van der Waals surface area contributed by atoms with E-state index >= 15 is 0 Å². The van der Waals surface area contributed by atoms with Gasteiger partial charge in [0.25, 0.3) is 16.1 Å². The molecule has 1 aromatic rings. The lowest BCUT2D eigenvalue weighted by atomic mass is 10.1. The van der Waals surface area contributed by atoms with E-state index in [4.69, 9.17) is 4.74 Å². The molecule has 0 aromatic heterocycles. The first kappa shape index (κ1) is 14.8. The molecule has 0 unspecified atom stereocenters. The molecule has 0 amide bonds. The van der Waals surface area contributed by atoms with Crippen molar-refractivity contribution in [1.29, 1.82) is 0 Å². The number of carbonyl (C=O) groups excluding carboxylic acids is 2. The zero-order valence-electron chi connectivity index (χ0n) is 9.90. The van der Waals surface area contributed by atoms with Gasteiger partial charge in [-0.15, -0.1) is 0 Å². The molecule has 0 saturated carbocycles. The average Bonchev–Trinajstić information content (AvgIpc) is 2.37. The first-order valence-corrected chi connectivity index (χ1v) is 6.63. The maximum atomic E-state index is 11.4. The SMILES string of the molecule is C=CCOC(=O)Cc1ccc(S(=O)(=O)N=C=O)cc1. The van der Waals surface area contributed by atoms with Gasteiger partial charge in [0.2, 0.25) is 0 Å². The summed E-state index contributed by atoms with van der Waals surface area (Å²) in [5, 5.41) is 0. The topological polar surface area (TPSA) is 89.9 Å². The molecule has 0 aliphatic carbocycles. The molecule has 0 spiro atoms. The Labute approximate surface area is 110 Å². The molecule has 1 aromatic carbocycles. The number of esters is 1. The van der Waals surface area contributed by atoms with Crippen molar-refractivity contribution in [3.05, 3.63) is 42.5 Å². The van der Waals surface area contributed by atoms with Crippen LogP contribution in [0.25, 0.3) is 0 Å². The number of hydrogen-bond donors (Lipinski definition) is 0. The maximum absolute atomic E-state index is 11.4. The third-order valence-corrected chi connectivity index (χ3v) is 3.27. The smallest absolute Gasteiger partial charge is 0.310 e. The van der Waals surface area contributed by atoms with Gasteiger partial charge in [0, 0.05) is 0 Å². The summed E-state index contributed by atoms with van der Waals surface area (Å²) in [6.07, 6.45) is 2.45. The summed E-state index contributed by atoms with van der Waals surface area (Å²) in [5.74, 6) is -0.443. The number of hydrogen-bond acceptors (Lipinski definition) is 5.